The molecule has 0 aliphatic rings. The highest BCUT2D eigenvalue weighted by Gasteiger charge is 2.22. The van der Waals surface area contributed by atoms with Crippen molar-refractivity contribution in [2.75, 3.05) is 6.54 Å². The number of carbonyl (C=O) groups excluding carboxylic acids is 1. The molecule has 0 spiro atoms. The molecular formula is C15H14N4O5. The number of nitro groups is 2. The van der Waals surface area contributed by atoms with E-state index in [-0.39, 0.29) is 12.1 Å². The number of aromatic nitrogens is 1. The fraction of sp³-hybridized carbons (Fsp3) is 0.200. The van der Waals surface area contributed by atoms with Gasteiger partial charge in [-0.25, -0.2) is 0 Å². The second kappa shape index (κ2) is 7.27. The average Bonchev–Trinajstić information content (AvgIpc) is 2.59. The zero-order chi connectivity index (χ0) is 17.7. The third-order valence-electron chi connectivity index (χ3n) is 3.36. The van der Waals surface area contributed by atoms with Gasteiger partial charge in [0.25, 0.3) is 17.3 Å². The summed E-state index contributed by atoms with van der Waals surface area (Å²) in [5.41, 5.74) is -0.244. The van der Waals surface area contributed by atoms with Gasteiger partial charge in [-0.2, -0.15) is 0 Å². The Labute approximate surface area is 136 Å². The topological polar surface area (TPSA) is 119 Å². The van der Waals surface area contributed by atoms with Crippen molar-refractivity contribution in [2.24, 2.45) is 0 Å². The molecule has 0 saturated heterocycles. The van der Waals surface area contributed by atoms with E-state index >= 15 is 0 Å². The lowest BCUT2D eigenvalue weighted by atomic mass is 10.1. The average molecular weight is 330 g/mol. The smallest absolute Gasteiger partial charge is 0.277 e. The van der Waals surface area contributed by atoms with Crippen LogP contribution in [0.25, 0.3) is 0 Å². The van der Waals surface area contributed by atoms with Crippen molar-refractivity contribution >= 4 is 17.3 Å². The van der Waals surface area contributed by atoms with Gasteiger partial charge in [0, 0.05) is 37.6 Å². The van der Waals surface area contributed by atoms with Gasteiger partial charge in [0.2, 0.25) is 0 Å². The molecule has 1 heterocycles. The minimum atomic E-state index is -0.761. The van der Waals surface area contributed by atoms with Crippen LogP contribution in [0.15, 0.2) is 42.7 Å². The Morgan fingerprint density at radius 3 is 2.08 bits per heavy atom. The van der Waals surface area contributed by atoms with Crippen molar-refractivity contribution in [2.45, 2.75) is 13.5 Å². The number of pyridine rings is 1. The van der Waals surface area contributed by atoms with Crippen LogP contribution in [0.4, 0.5) is 11.4 Å². The molecule has 0 saturated carbocycles. The first-order valence-electron chi connectivity index (χ1n) is 7.04. The molecule has 9 nitrogen and oxygen atoms in total. The van der Waals surface area contributed by atoms with Crippen LogP contribution in [0.2, 0.25) is 0 Å². The molecule has 2 rings (SSSR count). The largest absolute Gasteiger partial charge is 0.335 e. The van der Waals surface area contributed by atoms with Crippen LogP contribution >= 0.6 is 0 Å². The first-order chi connectivity index (χ1) is 11.4. The Kier molecular flexibility index (Phi) is 5.15. The lowest BCUT2D eigenvalue weighted by Crippen LogP contribution is -2.30. The summed E-state index contributed by atoms with van der Waals surface area (Å²) in [4.78, 5) is 38.3. The summed E-state index contributed by atoms with van der Waals surface area (Å²) in [6.07, 6.45) is 3.18. The molecule has 0 bridgehead atoms. The molecule has 1 amide bonds. The molecule has 0 aliphatic heterocycles. The van der Waals surface area contributed by atoms with Crippen molar-refractivity contribution in [1.29, 1.82) is 0 Å². The van der Waals surface area contributed by atoms with Gasteiger partial charge in [-0.05, 0) is 24.6 Å². The Morgan fingerprint density at radius 2 is 1.62 bits per heavy atom. The normalized spacial score (nSPS) is 10.2. The molecule has 0 radical (unpaired) electrons. The van der Waals surface area contributed by atoms with Crippen molar-refractivity contribution < 1.29 is 14.6 Å². The van der Waals surface area contributed by atoms with Crippen LogP contribution < -0.4 is 0 Å². The van der Waals surface area contributed by atoms with Gasteiger partial charge >= 0.3 is 0 Å². The molecule has 2 aromatic rings. The Balaban J connectivity index is 2.35. The SMILES string of the molecule is CCN(Cc1ccncc1)C(=O)c1cc([N+](=O)[O-])cc([N+](=O)[O-])c1. The number of benzene rings is 1. The van der Waals surface area contributed by atoms with Crippen LogP contribution in [0.3, 0.4) is 0 Å². The third-order valence-corrected chi connectivity index (χ3v) is 3.36. The highest BCUT2D eigenvalue weighted by Crippen LogP contribution is 2.24. The first kappa shape index (κ1) is 17.0. The third kappa shape index (κ3) is 3.88. The van der Waals surface area contributed by atoms with E-state index in [1.54, 1.807) is 31.5 Å². The van der Waals surface area contributed by atoms with Crippen molar-refractivity contribution in [1.82, 2.24) is 9.88 Å². The van der Waals surface area contributed by atoms with E-state index in [0.717, 1.165) is 23.8 Å². The number of nitrogens with zero attached hydrogens (tertiary/aromatic N) is 4. The van der Waals surface area contributed by atoms with Crippen LogP contribution in [-0.2, 0) is 6.54 Å². The zero-order valence-corrected chi connectivity index (χ0v) is 12.8. The van der Waals surface area contributed by atoms with E-state index in [9.17, 15) is 25.0 Å². The zero-order valence-electron chi connectivity index (χ0n) is 12.8. The maximum atomic E-state index is 12.6. The number of hydrogen-bond donors (Lipinski definition) is 0. The fourth-order valence-corrected chi connectivity index (χ4v) is 2.15. The predicted molar refractivity (Wildman–Crippen MR) is 84.4 cm³/mol. The second-order valence-corrected chi connectivity index (χ2v) is 4.93. The van der Waals surface area contributed by atoms with Gasteiger partial charge in [0.1, 0.15) is 0 Å². The maximum Gasteiger partial charge on any atom is 0.277 e. The van der Waals surface area contributed by atoms with Crippen LogP contribution in [-0.4, -0.2) is 32.2 Å². The number of carbonyl (C=O) groups is 1. The molecule has 0 fully saturated rings. The highest BCUT2D eigenvalue weighted by atomic mass is 16.6. The van der Waals surface area contributed by atoms with E-state index in [1.165, 1.54) is 4.90 Å². The Hall–Kier alpha value is -3.36. The Bertz CT molecular complexity index is 746. The molecule has 0 aliphatic carbocycles. The second-order valence-electron chi connectivity index (χ2n) is 4.93. The Morgan fingerprint density at radius 1 is 1.08 bits per heavy atom. The van der Waals surface area contributed by atoms with Gasteiger partial charge in [-0.3, -0.25) is 30.0 Å². The number of nitro benzene ring substituents is 2. The van der Waals surface area contributed by atoms with E-state index in [1.807, 2.05) is 0 Å². The van der Waals surface area contributed by atoms with Gasteiger partial charge in [0.05, 0.1) is 21.5 Å². The number of amides is 1. The number of rotatable bonds is 6. The summed E-state index contributed by atoms with van der Waals surface area (Å²) in [5, 5.41) is 21.9. The van der Waals surface area contributed by atoms with E-state index < -0.39 is 27.1 Å². The van der Waals surface area contributed by atoms with Gasteiger partial charge in [-0.1, -0.05) is 0 Å². The standard InChI is InChI=1S/C15H14N4O5/c1-2-17(10-11-3-5-16-6-4-11)15(20)12-7-13(18(21)22)9-14(8-12)19(23)24/h3-9H,2,10H2,1H3. The monoisotopic (exact) mass is 330 g/mol. The highest BCUT2D eigenvalue weighted by molar-refractivity contribution is 5.95. The quantitative estimate of drug-likeness (QED) is 0.593. The fourth-order valence-electron chi connectivity index (χ4n) is 2.15. The van der Waals surface area contributed by atoms with Crippen LogP contribution in [0.5, 0.6) is 0 Å². The van der Waals surface area contributed by atoms with Gasteiger partial charge in [-0.15, -0.1) is 0 Å². The number of hydrogen-bond acceptors (Lipinski definition) is 6. The van der Waals surface area contributed by atoms with Crippen LogP contribution in [0, 0.1) is 20.2 Å². The predicted octanol–water partition coefficient (Wildman–Crippen LogP) is 2.56. The number of non-ortho nitro benzene ring substituents is 2. The maximum absolute atomic E-state index is 12.6. The molecule has 124 valence electrons. The summed E-state index contributed by atoms with van der Waals surface area (Å²) in [7, 11) is 0. The molecule has 0 N–H and O–H groups in total. The summed E-state index contributed by atoms with van der Waals surface area (Å²) in [5.74, 6) is -0.513. The van der Waals surface area contributed by atoms with E-state index in [2.05, 4.69) is 4.98 Å². The van der Waals surface area contributed by atoms with Gasteiger partial charge in [0.15, 0.2) is 0 Å². The first-order valence-corrected chi connectivity index (χ1v) is 7.04. The van der Waals surface area contributed by atoms with Crippen molar-refractivity contribution in [3.8, 4) is 0 Å². The summed E-state index contributed by atoms with van der Waals surface area (Å²) >= 11 is 0. The lowest BCUT2D eigenvalue weighted by molar-refractivity contribution is -0.394. The van der Waals surface area contributed by atoms with E-state index in [4.69, 9.17) is 0 Å². The molecule has 1 aromatic heterocycles. The summed E-state index contributed by atoms with van der Waals surface area (Å²) in [6.45, 7) is 2.37. The summed E-state index contributed by atoms with van der Waals surface area (Å²) < 4.78 is 0. The molecule has 24 heavy (non-hydrogen) atoms. The van der Waals surface area contributed by atoms with Crippen molar-refractivity contribution in [3.63, 3.8) is 0 Å². The van der Waals surface area contributed by atoms with Crippen LogP contribution in [0.1, 0.15) is 22.8 Å². The minimum Gasteiger partial charge on any atom is -0.335 e. The molecule has 9 heteroatoms. The summed E-state index contributed by atoms with van der Waals surface area (Å²) in [6, 6.07) is 6.41. The van der Waals surface area contributed by atoms with Gasteiger partial charge < -0.3 is 4.90 Å². The molecule has 1 aromatic carbocycles. The van der Waals surface area contributed by atoms with Crippen molar-refractivity contribution in [3.05, 3.63) is 74.1 Å². The molecule has 0 atom stereocenters. The lowest BCUT2D eigenvalue weighted by Gasteiger charge is -2.20. The van der Waals surface area contributed by atoms with E-state index in [0.29, 0.717) is 6.54 Å². The minimum absolute atomic E-state index is 0.0909. The molecule has 0 unspecified atom stereocenters. The molecular weight excluding hydrogens is 316 g/mol.